The van der Waals surface area contributed by atoms with Crippen LogP contribution in [0.1, 0.15) is 38.2 Å². The third kappa shape index (κ3) is 5.46. The lowest BCUT2D eigenvalue weighted by molar-refractivity contribution is 0.102. The van der Waals surface area contributed by atoms with Gasteiger partial charge in [-0.25, -0.2) is 0 Å². The van der Waals surface area contributed by atoms with Crippen LogP contribution in [0, 0.1) is 11.8 Å². The van der Waals surface area contributed by atoms with Gasteiger partial charge in [0.2, 0.25) is 0 Å². The number of pyridine rings is 1. The maximum atomic E-state index is 6.24. The molecule has 0 bridgehead atoms. The van der Waals surface area contributed by atoms with Crippen LogP contribution in [-0.2, 0) is 6.54 Å². The van der Waals surface area contributed by atoms with E-state index in [9.17, 15) is 0 Å². The Hall–Kier alpha value is -2.07. The van der Waals surface area contributed by atoms with Crippen LogP contribution in [0.4, 0.5) is 0 Å². The highest BCUT2D eigenvalue weighted by atomic mass is 16.5. The lowest BCUT2D eigenvalue weighted by Crippen LogP contribution is -2.33. The molecule has 3 rings (SSSR count). The monoisotopic (exact) mass is 354 g/mol. The van der Waals surface area contributed by atoms with Gasteiger partial charge in [0, 0.05) is 25.0 Å². The van der Waals surface area contributed by atoms with Gasteiger partial charge in [-0.1, -0.05) is 19.1 Å². The van der Waals surface area contributed by atoms with Gasteiger partial charge in [0.15, 0.2) is 0 Å². The molecule has 1 aromatic carbocycles. The molecule has 1 aromatic heterocycles. The predicted molar refractivity (Wildman–Crippen MR) is 104 cm³/mol. The smallest absolute Gasteiger partial charge is 0.123 e. The van der Waals surface area contributed by atoms with Crippen molar-refractivity contribution in [1.82, 2.24) is 10.3 Å². The maximum Gasteiger partial charge on any atom is 0.123 e. The van der Waals surface area contributed by atoms with Gasteiger partial charge in [-0.2, -0.15) is 0 Å². The van der Waals surface area contributed by atoms with Crippen LogP contribution in [0.3, 0.4) is 0 Å². The van der Waals surface area contributed by atoms with Crippen molar-refractivity contribution in [2.24, 2.45) is 11.8 Å². The quantitative estimate of drug-likeness (QED) is 0.760. The maximum absolute atomic E-state index is 6.24. The minimum atomic E-state index is 0.307. The fourth-order valence-electron chi connectivity index (χ4n) is 3.79. The number of methoxy groups -OCH3 is 1. The number of benzene rings is 1. The molecule has 1 unspecified atom stereocenters. The summed E-state index contributed by atoms with van der Waals surface area (Å²) in [6.45, 7) is 4.27. The number of rotatable bonds is 8. The molecule has 3 atom stereocenters. The summed E-state index contributed by atoms with van der Waals surface area (Å²) in [5.41, 5.74) is 1.24. The lowest BCUT2D eigenvalue weighted by atomic mass is 9.79. The molecule has 2 aromatic rings. The molecule has 140 valence electrons. The summed E-state index contributed by atoms with van der Waals surface area (Å²) in [6, 6.07) is 12.0. The van der Waals surface area contributed by atoms with Gasteiger partial charge in [0.1, 0.15) is 11.5 Å². The van der Waals surface area contributed by atoms with E-state index in [-0.39, 0.29) is 0 Å². The van der Waals surface area contributed by atoms with Crippen molar-refractivity contribution in [3.05, 3.63) is 54.4 Å². The first-order valence-corrected chi connectivity index (χ1v) is 9.65. The molecule has 26 heavy (non-hydrogen) atoms. The van der Waals surface area contributed by atoms with Gasteiger partial charge >= 0.3 is 0 Å². The second kappa shape index (κ2) is 9.58. The molecule has 1 saturated carbocycles. The molecule has 4 heteroatoms. The van der Waals surface area contributed by atoms with E-state index in [0.717, 1.165) is 37.4 Å². The zero-order valence-corrected chi connectivity index (χ0v) is 15.9. The van der Waals surface area contributed by atoms with E-state index in [1.807, 2.05) is 42.7 Å². The Morgan fingerprint density at radius 3 is 2.88 bits per heavy atom. The average Bonchev–Trinajstić information content (AvgIpc) is 2.69. The molecule has 0 aliphatic heterocycles. The largest absolute Gasteiger partial charge is 0.497 e. The van der Waals surface area contributed by atoms with Crippen molar-refractivity contribution in [3.63, 3.8) is 0 Å². The van der Waals surface area contributed by atoms with Crippen LogP contribution in [0.25, 0.3) is 0 Å². The average molecular weight is 354 g/mol. The fraction of sp³-hybridized carbons (Fsp3) is 0.500. The summed E-state index contributed by atoms with van der Waals surface area (Å²) in [5, 5.41) is 3.58. The minimum Gasteiger partial charge on any atom is -0.497 e. The molecule has 1 heterocycles. The Labute approximate surface area is 156 Å². The minimum absolute atomic E-state index is 0.307. The Morgan fingerprint density at radius 1 is 1.19 bits per heavy atom. The zero-order valence-electron chi connectivity index (χ0n) is 15.9. The Balaban J connectivity index is 1.46. The standard InChI is InChI=1S/C22H30N2O2/c1-17(14-24-16-18-6-5-11-23-15-18)19-7-3-9-21(12-19)26-22-10-4-8-20(13-22)25-2/h4-6,8,10-11,13,15,17,19,21,24H,3,7,9,12,14,16H2,1-2H3/t17?,19-,21+/m0/s1. The SMILES string of the molecule is COc1cccc(O[C@@H]2CCC[C@H](C(C)CNCc3cccnc3)C2)c1. The van der Waals surface area contributed by atoms with Crippen molar-refractivity contribution in [2.75, 3.05) is 13.7 Å². The van der Waals surface area contributed by atoms with Crippen molar-refractivity contribution < 1.29 is 9.47 Å². The second-order valence-electron chi connectivity index (χ2n) is 7.31. The van der Waals surface area contributed by atoms with Gasteiger partial charge in [0.25, 0.3) is 0 Å². The van der Waals surface area contributed by atoms with Gasteiger partial charge < -0.3 is 14.8 Å². The Kier molecular flexibility index (Phi) is 6.89. The number of hydrogen-bond donors (Lipinski definition) is 1. The molecule has 0 spiro atoms. The molecule has 0 saturated heterocycles. The molecule has 0 amide bonds. The zero-order chi connectivity index (χ0) is 18.2. The summed E-state index contributed by atoms with van der Waals surface area (Å²) in [5.74, 6) is 3.12. The molecule has 0 radical (unpaired) electrons. The summed E-state index contributed by atoms with van der Waals surface area (Å²) in [6.07, 6.45) is 8.87. The van der Waals surface area contributed by atoms with Crippen LogP contribution in [0.5, 0.6) is 11.5 Å². The fourth-order valence-corrected chi connectivity index (χ4v) is 3.79. The van der Waals surface area contributed by atoms with Gasteiger partial charge in [-0.15, -0.1) is 0 Å². The Bertz CT molecular complexity index is 662. The van der Waals surface area contributed by atoms with Gasteiger partial charge in [-0.3, -0.25) is 4.98 Å². The van der Waals surface area contributed by atoms with Gasteiger partial charge in [0.05, 0.1) is 13.2 Å². The summed E-state index contributed by atoms with van der Waals surface area (Å²) < 4.78 is 11.5. The number of hydrogen-bond acceptors (Lipinski definition) is 4. The Morgan fingerprint density at radius 2 is 2.08 bits per heavy atom. The van der Waals surface area contributed by atoms with Crippen LogP contribution >= 0.6 is 0 Å². The highest BCUT2D eigenvalue weighted by Crippen LogP contribution is 2.33. The van der Waals surface area contributed by atoms with E-state index in [2.05, 4.69) is 23.3 Å². The first kappa shape index (κ1) is 18.7. The van der Waals surface area contributed by atoms with E-state index >= 15 is 0 Å². The summed E-state index contributed by atoms with van der Waals surface area (Å²) in [7, 11) is 1.69. The van der Waals surface area contributed by atoms with E-state index in [1.54, 1.807) is 7.11 Å². The van der Waals surface area contributed by atoms with Crippen LogP contribution in [0.15, 0.2) is 48.8 Å². The van der Waals surface area contributed by atoms with E-state index in [1.165, 1.54) is 18.4 Å². The van der Waals surface area contributed by atoms with Crippen molar-refractivity contribution in [2.45, 2.75) is 45.3 Å². The molecular weight excluding hydrogens is 324 g/mol. The molecular formula is C22H30N2O2. The van der Waals surface area contributed by atoms with Crippen molar-refractivity contribution >= 4 is 0 Å². The summed E-state index contributed by atoms with van der Waals surface area (Å²) in [4.78, 5) is 4.17. The molecule has 1 aliphatic carbocycles. The topological polar surface area (TPSA) is 43.4 Å². The molecule has 1 fully saturated rings. The highest BCUT2D eigenvalue weighted by molar-refractivity contribution is 5.33. The number of nitrogens with one attached hydrogen (secondary N) is 1. The van der Waals surface area contributed by atoms with Crippen molar-refractivity contribution in [3.8, 4) is 11.5 Å². The lowest BCUT2D eigenvalue weighted by Gasteiger charge is -2.33. The third-order valence-corrected chi connectivity index (χ3v) is 5.33. The third-order valence-electron chi connectivity index (χ3n) is 5.33. The van der Waals surface area contributed by atoms with E-state index in [0.29, 0.717) is 17.9 Å². The first-order valence-electron chi connectivity index (χ1n) is 9.65. The van der Waals surface area contributed by atoms with Crippen LogP contribution in [0.2, 0.25) is 0 Å². The predicted octanol–water partition coefficient (Wildman–Crippen LogP) is 4.45. The number of ether oxygens (including phenoxy) is 2. The normalized spacial score (nSPS) is 21.2. The second-order valence-corrected chi connectivity index (χ2v) is 7.31. The van der Waals surface area contributed by atoms with Gasteiger partial charge in [-0.05, 0) is 67.8 Å². The number of aromatic nitrogens is 1. The number of nitrogens with zero attached hydrogens (tertiary/aromatic N) is 1. The van der Waals surface area contributed by atoms with Crippen LogP contribution < -0.4 is 14.8 Å². The highest BCUT2D eigenvalue weighted by Gasteiger charge is 2.27. The first-order chi connectivity index (χ1) is 12.7. The molecule has 4 nitrogen and oxygen atoms in total. The van der Waals surface area contributed by atoms with Crippen LogP contribution in [-0.4, -0.2) is 24.7 Å². The van der Waals surface area contributed by atoms with E-state index < -0.39 is 0 Å². The van der Waals surface area contributed by atoms with Crippen molar-refractivity contribution in [1.29, 1.82) is 0 Å². The van der Waals surface area contributed by atoms with E-state index in [4.69, 9.17) is 9.47 Å². The summed E-state index contributed by atoms with van der Waals surface area (Å²) >= 11 is 0. The molecule has 1 aliphatic rings. The molecule has 1 N–H and O–H groups in total.